The second kappa shape index (κ2) is 3.38. The van der Waals surface area contributed by atoms with Gasteiger partial charge in [-0.05, 0) is 0 Å². The van der Waals surface area contributed by atoms with Gasteiger partial charge in [-0.3, -0.25) is 0 Å². The Labute approximate surface area is 87.9 Å². The summed E-state index contributed by atoms with van der Waals surface area (Å²) in [6.45, 7) is 0. The van der Waals surface area contributed by atoms with Gasteiger partial charge < -0.3 is 10.2 Å². The molecule has 1 aliphatic rings. The summed E-state index contributed by atoms with van der Waals surface area (Å²) in [6, 6.07) is 0. The third-order valence-electron chi connectivity index (χ3n) is 2.07. The second-order valence-corrected chi connectivity index (χ2v) is 2.97. The van der Waals surface area contributed by atoms with Crippen LogP contribution >= 0.6 is 0 Å². The zero-order valence-electron chi connectivity index (χ0n) is 7.56. The predicted molar refractivity (Wildman–Crippen MR) is 46.0 cm³/mol. The number of halogens is 4. The molecule has 16 heavy (non-hydrogen) atoms. The Hall–Kier alpha value is -1.76. The Morgan fingerprint density at radius 1 is 0.750 bits per heavy atom. The molecule has 0 spiro atoms. The van der Waals surface area contributed by atoms with Gasteiger partial charge in [0, 0.05) is 0 Å². The molecule has 0 saturated heterocycles. The highest BCUT2D eigenvalue weighted by molar-refractivity contribution is 5.52. The summed E-state index contributed by atoms with van der Waals surface area (Å²) in [5.74, 6) is -6.76. The lowest BCUT2D eigenvalue weighted by Crippen LogP contribution is -2.42. The summed E-state index contributed by atoms with van der Waals surface area (Å²) in [5, 5.41) is 18.2. The molecule has 0 aromatic rings. The summed E-state index contributed by atoms with van der Waals surface area (Å²) in [5.41, 5.74) is -7.03. The topological polar surface area (TPSA) is 40.5 Å². The molecular weight excluding hydrogens is 228 g/mol. The fourth-order valence-electron chi connectivity index (χ4n) is 1.08. The van der Waals surface area contributed by atoms with Crippen molar-refractivity contribution in [2.24, 2.45) is 0 Å². The predicted octanol–water partition coefficient (Wildman–Crippen LogP) is 1.03. The van der Waals surface area contributed by atoms with E-state index < -0.39 is 34.5 Å². The molecule has 1 rings (SSSR count). The summed E-state index contributed by atoms with van der Waals surface area (Å²) < 4.78 is 52.6. The SMILES string of the molecule is C#CC1(O)C(F)=C(F)C(O)(C#C)C(F)=C1F. The molecule has 84 valence electrons. The molecule has 0 heterocycles. The molecule has 0 saturated carbocycles. The molecule has 0 atom stereocenters. The fourth-order valence-corrected chi connectivity index (χ4v) is 1.08. The molecule has 0 aromatic carbocycles. The molecule has 6 heteroatoms. The lowest BCUT2D eigenvalue weighted by atomic mass is 9.86. The van der Waals surface area contributed by atoms with Gasteiger partial charge in [0.1, 0.15) is 0 Å². The maximum Gasteiger partial charge on any atom is 0.235 e. The Morgan fingerprint density at radius 2 is 0.938 bits per heavy atom. The van der Waals surface area contributed by atoms with Crippen molar-refractivity contribution in [3.8, 4) is 24.7 Å². The minimum Gasteiger partial charge on any atom is -0.366 e. The third kappa shape index (κ3) is 1.18. The van der Waals surface area contributed by atoms with Crippen LogP contribution in [0.1, 0.15) is 0 Å². The van der Waals surface area contributed by atoms with E-state index in [1.54, 1.807) is 0 Å². The molecule has 2 nitrogen and oxygen atoms in total. The van der Waals surface area contributed by atoms with Crippen LogP contribution in [0.25, 0.3) is 0 Å². The van der Waals surface area contributed by atoms with Crippen LogP contribution in [0.2, 0.25) is 0 Å². The van der Waals surface area contributed by atoms with E-state index in [0.717, 1.165) is 11.8 Å². The van der Waals surface area contributed by atoms with Gasteiger partial charge in [0.05, 0.1) is 0 Å². The lowest BCUT2D eigenvalue weighted by Gasteiger charge is -2.30. The number of terminal acetylenes is 2. The Bertz CT molecular complexity index is 420. The molecular formula is C10H4F4O2. The quantitative estimate of drug-likeness (QED) is 0.483. The van der Waals surface area contributed by atoms with Crippen molar-refractivity contribution in [1.82, 2.24) is 0 Å². The largest absolute Gasteiger partial charge is 0.366 e. The van der Waals surface area contributed by atoms with E-state index in [4.69, 9.17) is 10.2 Å². The zero-order chi connectivity index (χ0) is 12.7. The van der Waals surface area contributed by atoms with Crippen molar-refractivity contribution in [2.45, 2.75) is 11.2 Å². The van der Waals surface area contributed by atoms with E-state index in [2.05, 4.69) is 12.8 Å². The standard InChI is InChI=1S/C10H4F4O2/c1-3-9(15)5(11)7(13)10(16,4-2)8(14)6(9)12/h1-2,15-16H. The van der Waals surface area contributed by atoms with Crippen molar-refractivity contribution < 1.29 is 27.8 Å². The van der Waals surface area contributed by atoms with Gasteiger partial charge in [-0.15, -0.1) is 12.8 Å². The van der Waals surface area contributed by atoms with Crippen molar-refractivity contribution in [1.29, 1.82) is 0 Å². The van der Waals surface area contributed by atoms with Gasteiger partial charge in [-0.25, -0.2) is 17.6 Å². The van der Waals surface area contributed by atoms with Crippen molar-refractivity contribution in [3.05, 3.63) is 23.3 Å². The average Bonchev–Trinajstić information content (AvgIpc) is 2.31. The third-order valence-corrected chi connectivity index (χ3v) is 2.07. The number of rotatable bonds is 0. The van der Waals surface area contributed by atoms with E-state index in [0.29, 0.717) is 0 Å². The highest BCUT2D eigenvalue weighted by Crippen LogP contribution is 2.45. The second-order valence-electron chi connectivity index (χ2n) is 2.97. The normalized spacial score (nSPS) is 34.8. The maximum atomic E-state index is 13.1. The summed E-state index contributed by atoms with van der Waals surface area (Å²) in [6.07, 6.45) is 9.12. The Kier molecular flexibility index (Phi) is 2.60. The van der Waals surface area contributed by atoms with E-state index >= 15 is 0 Å². The number of hydrogen-bond donors (Lipinski definition) is 2. The van der Waals surface area contributed by atoms with Crippen molar-refractivity contribution >= 4 is 0 Å². The smallest absolute Gasteiger partial charge is 0.235 e. The molecule has 0 aromatic heterocycles. The minimum absolute atomic E-state index is 1.13. The highest BCUT2D eigenvalue weighted by Gasteiger charge is 2.55. The Morgan fingerprint density at radius 3 is 1.06 bits per heavy atom. The van der Waals surface area contributed by atoms with Gasteiger partial charge in [0.15, 0.2) is 23.3 Å². The monoisotopic (exact) mass is 232 g/mol. The van der Waals surface area contributed by atoms with Gasteiger partial charge in [0.25, 0.3) is 0 Å². The van der Waals surface area contributed by atoms with Crippen LogP contribution in [0.15, 0.2) is 23.3 Å². The van der Waals surface area contributed by atoms with Gasteiger partial charge >= 0.3 is 0 Å². The maximum absolute atomic E-state index is 13.1. The van der Waals surface area contributed by atoms with Crippen LogP contribution in [0.5, 0.6) is 0 Å². The van der Waals surface area contributed by atoms with Crippen LogP contribution in [-0.4, -0.2) is 21.4 Å². The van der Waals surface area contributed by atoms with E-state index in [-0.39, 0.29) is 0 Å². The lowest BCUT2D eigenvalue weighted by molar-refractivity contribution is 0.0553. The van der Waals surface area contributed by atoms with E-state index in [9.17, 15) is 17.6 Å². The molecule has 0 amide bonds. The van der Waals surface area contributed by atoms with Crippen LogP contribution < -0.4 is 0 Å². The molecule has 2 N–H and O–H groups in total. The van der Waals surface area contributed by atoms with E-state index in [1.807, 2.05) is 0 Å². The molecule has 1 aliphatic carbocycles. The fraction of sp³-hybridized carbons (Fsp3) is 0.200. The van der Waals surface area contributed by atoms with Crippen LogP contribution in [0, 0.1) is 24.7 Å². The first-order valence-corrected chi connectivity index (χ1v) is 3.78. The molecule has 0 radical (unpaired) electrons. The number of hydrogen-bond acceptors (Lipinski definition) is 2. The van der Waals surface area contributed by atoms with Gasteiger partial charge in [0.2, 0.25) is 11.2 Å². The first kappa shape index (κ1) is 12.3. The zero-order valence-corrected chi connectivity index (χ0v) is 7.56. The van der Waals surface area contributed by atoms with Crippen LogP contribution in [-0.2, 0) is 0 Å². The number of aliphatic hydroxyl groups is 2. The van der Waals surface area contributed by atoms with Crippen LogP contribution in [0.4, 0.5) is 17.6 Å². The first-order valence-electron chi connectivity index (χ1n) is 3.78. The molecule has 0 unspecified atom stereocenters. The Balaban J connectivity index is 3.66. The van der Waals surface area contributed by atoms with Gasteiger partial charge in [-0.1, -0.05) is 11.8 Å². The van der Waals surface area contributed by atoms with Crippen LogP contribution in [0.3, 0.4) is 0 Å². The van der Waals surface area contributed by atoms with Gasteiger partial charge in [-0.2, -0.15) is 0 Å². The van der Waals surface area contributed by atoms with E-state index in [1.165, 1.54) is 0 Å². The summed E-state index contributed by atoms with van der Waals surface area (Å²) in [7, 11) is 0. The summed E-state index contributed by atoms with van der Waals surface area (Å²) >= 11 is 0. The van der Waals surface area contributed by atoms with Crippen molar-refractivity contribution in [2.75, 3.05) is 0 Å². The average molecular weight is 232 g/mol. The molecule has 0 bridgehead atoms. The molecule has 0 fully saturated rings. The minimum atomic E-state index is -3.52. The highest BCUT2D eigenvalue weighted by atomic mass is 19.2. The summed E-state index contributed by atoms with van der Waals surface area (Å²) in [4.78, 5) is 0. The van der Waals surface area contributed by atoms with Crippen molar-refractivity contribution in [3.63, 3.8) is 0 Å². The molecule has 0 aliphatic heterocycles. The first-order chi connectivity index (χ1) is 7.25.